The number of unbranched alkanes of at least 4 members (excludes halogenated alkanes) is 1. The van der Waals surface area contributed by atoms with Crippen LogP contribution in [0.5, 0.6) is 0 Å². The van der Waals surface area contributed by atoms with Crippen LogP contribution in [0.3, 0.4) is 0 Å². The molecule has 0 bridgehead atoms. The van der Waals surface area contributed by atoms with Crippen LogP contribution in [0.25, 0.3) is 5.57 Å². The Kier molecular flexibility index (Phi) is 8.54. The summed E-state index contributed by atoms with van der Waals surface area (Å²) in [5.74, 6) is 0.838. The Hall–Kier alpha value is -1.82. The molecule has 1 aromatic carbocycles. The number of hydrogen-bond donors (Lipinski definition) is 0. The third-order valence-corrected chi connectivity index (χ3v) is 4.91. The first-order valence-electron chi connectivity index (χ1n) is 9.16. The first kappa shape index (κ1) is 20.2. The van der Waals surface area contributed by atoms with Gasteiger partial charge in [0.25, 0.3) is 0 Å². The van der Waals surface area contributed by atoms with Crippen LogP contribution in [0.2, 0.25) is 0 Å². The van der Waals surface area contributed by atoms with Crippen molar-refractivity contribution in [2.45, 2.75) is 59.8 Å². The molecular weight excluding hydrogens is 288 g/mol. The highest BCUT2D eigenvalue weighted by Crippen LogP contribution is 2.34. The maximum Gasteiger partial charge on any atom is -0.0118 e. The van der Waals surface area contributed by atoms with Gasteiger partial charge in [-0.1, -0.05) is 94.0 Å². The Bertz CT molecular complexity index is 613. The van der Waals surface area contributed by atoms with Gasteiger partial charge in [0.15, 0.2) is 0 Å². The normalized spacial score (nSPS) is 15.0. The summed E-state index contributed by atoms with van der Waals surface area (Å²) in [4.78, 5) is 0. The van der Waals surface area contributed by atoms with Crippen molar-refractivity contribution in [3.63, 3.8) is 0 Å². The highest BCUT2D eigenvalue weighted by Gasteiger charge is 2.19. The number of benzene rings is 1. The average molecular weight is 323 g/mol. The third-order valence-electron chi connectivity index (χ3n) is 4.91. The van der Waals surface area contributed by atoms with Gasteiger partial charge in [-0.15, -0.1) is 0 Å². The van der Waals surface area contributed by atoms with Gasteiger partial charge in [0.1, 0.15) is 0 Å². The number of hydrogen-bond acceptors (Lipinski definition) is 0. The summed E-state index contributed by atoms with van der Waals surface area (Å²) < 4.78 is 0. The minimum Gasteiger partial charge on any atom is -0.0988 e. The molecule has 0 saturated carbocycles. The molecule has 0 nitrogen and oxygen atoms in total. The lowest BCUT2D eigenvalue weighted by Gasteiger charge is -2.24. The van der Waals surface area contributed by atoms with Gasteiger partial charge in [-0.3, -0.25) is 0 Å². The summed E-state index contributed by atoms with van der Waals surface area (Å²) >= 11 is 0. The molecule has 0 N–H and O–H groups in total. The monoisotopic (exact) mass is 322 g/mol. The Morgan fingerprint density at radius 3 is 2.38 bits per heavy atom. The van der Waals surface area contributed by atoms with Gasteiger partial charge in [0, 0.05) is 0 Å². The maximum atomic E-state index is 4.14. The predicted octanol–water partition coefficient (Wildman–Crippen LogP) is 7.71. The molecule has 0 radical (unpaired) electrons. The Morgan fingerprint density at radius 1 is 1.12 bits per heavy atom. The van der Waals surface area contributed by atoms with E-state index in [1.165, 1.54) is 41.5 Å². The van der Waals surface area contributed by atoms with Crippen LogP contribution >= 0.6 is 0 Å². The van der Waals surface area contributed by atoms with E-state index in [4.69, 9.17) is 0 Å². The topological polar surface area (TPSA) is 0 Å². The Morgan fingerprint density at radius 2 is 1.79 bits per heavy atom. The van der Waals surface area contributed by atoms with Crippen molar-refractivity contribution in [1.29, 1.82) is 0 Å². The molecule has 0 amide bonds. The zero-order valence-corrected chi connectivity index (χ0v) is 16.2. The predicted molar refractivity (Wildman–Crippen MR) is 110 cm³/mol. The van der Waals surface area contributed by atoms with Gasteiger partial charge in [0.2, 0.25) is 0 Å². The Balaban J connectivity index is 3.03. The minimum atomic E-state index is 0.415. The molecule has 0 fully saturated rings. The van der Waals surface area contributed by atoms with E-state index in [2.05, 4.69) is 84.2 Å². The fourth-order valence-corrected chi connectivity index (χ4v) is 3.02. The van der Waals surface area contributed by atoms with Crippen molar-refractivity contribution < 1.29 is 0 Å². The van der Waals surface area contributed by atoms with Crippen molar-refractivity contribution >= 4 is 5.57 Å². The molecule has 1 rings (SSSR count). The van der Waals surface area contributed by atoms with Gasteiger partial charge < -0.3 is 0 Å². The zero-order valence-electron chi connectivity index (χ0n) is 16.2. The van der Waals surface area contributed by atoms with E-state index in [1.54, 1.807) is 0 Å². The molecule has 0 aliphatic carbocycles. The molecule has 0 saturated heterocycles. The van der Waals surface area contributed by atoms with Gasteiger partial charge in [0.05, 0.1) is 0 Å². The number of allylic oxidation sites excluding steroid dienone is 6. The van der Waals surface area contributed by atoms with Crippen LogP contribution in [0.15, 0.2) is 66.8 Å². The van der Waals surface area contributed by atoms with E-state index in [9.17, 15) is 0 Å². The van der Waals surface area contributed by atoms with Gasteiger partial charge in [-0.25, -0.2) is 0 Å². The molecule has 0 aliphatic heterocycles. The molecule has 2 unspecified atom stereocenters. The average Bonchev–Trinajstić information content (AvgIpc) is 2.59. The summed E-state index contributed by atoms with van der Waals surface area (Å²) in [6.07, 6.45) is 10.2. The maximum absolute atomic E-state index is 4.14. The van der Waals surface area contributed by atoms with Crippen LogP contribution in [0.4, 0.5) is 0 Å². The van der Waals surface area contributed by atoms with E-state index < -0.39 is 0 Å². The quantitative estimate of drug-likeness (QED) is 0.408. The van der Waals surface area contributed by atoms with Crippen molar-refractivity contribution in [3.8, 4) is 0 Å². The van der Waals surface area contributed by atoms with Crippen molar-refractivity contribution in [2.75, 3.05) is 0 Å². The van der Waals surface area contributed by atoms with Crippen molar-refractivity contribution in [3.05, 3.63) is 77.9 Å². The molecule has 24 heavy (non-hydrogen) atoms. The first-order valence-corrected chi connectivity index (χ1v) is 9.16. The van der Waals surface area contributed by atoms with Crippen LogP contribution in [0, 0.1) is 5.92 Å². The summed E-state index contributed by atoms with van der Waals surface area (Å²) in [5.41, 5.74) is 6.52. The van der Waals surface area contributed by atoms with Crippen molar-refractivity contribution in [1.82, 2.24) is 0 Å². The summed E-state index contributed by atoms with van der Waals surface area (Å²) in [7, 11) is 0. The summed E-state index contributed by atoms with van der Waals surface area (Å²) in [6, 6.07) is 8.62. The van der Waals surface area contributed by atoms with E-state index in [-0.39, 0.29) is 0 Å². The fourth-order valence-electron chi connectivity index (χ4n) is 3.02. The third kappa shape index (κ3) is 5.67. The largest absolute Gasteiger partial charge is 0.0988 e. The lowest BCUT2D eigenvalue weighted by atomic mass is 9.80. The summed E-state index contributed by atoms with van der Waals surface area (Å²) in [5, 5.41) is 0. The van der Waals surface area contributed by atoms with Crippen molar-refractivity contribution in [2.24, 2.45) is 5.92 Å². The number of rotatable bonds is 9. The summed E-state index contributed by atoms with van der Waals surface area (Å²) in [6.45, 7) is 19.3. The second kappa shape index (κ2) is 10.1. The molecule has 0 heterocycles. The standard InChI is InChI=1S/C24H34/c1-8-10-13-19(5)16-17-22(9-2)20(6)21(7)24-15-12-11-14-23(24)18(3)4/h9,11-12,14-17,20-21H,2-3,8,10,13H2,1,4-7H3/b19-16-,22-17+. The minimum absolute atomic E-state index is 0.415. The van der Waals surface area contributed by atoms with E-state index in [0.717, 1.165) is 5.57 Å². The SMILES string of the molecule is C=C/C(=C\C=C(\C)CCCC)C(C)C(C)c1ccccc1C(=C)C. The van der Waals surface area contributed by atoms with Gasteiger partial charge in [-0.05, 0) is 55.2 Å². The molecule has 0 aliphatic rings. The van der Waals surface area contributed by atoms with Crippen LogP contribution < -0.4 is 0 Å². The molecule has 130 valence electrons. The lowest BCUT2D eigenvalue weighted by molar-refractivity contribution is 0.570. The molecule has 1 aromatic rings. The van der Waals surface area contributed by atoms with E-state index in [0.29, 0.717) is 11.8 Å². The van der Waals surface area contributed by atoms with Gasteiger partial charge >= 0.3 is 0 Å². The molecule has 0 aromatic heterocycles. The molecular formula is C24H34. The smallest absolute Gasteiger partial charge is 0.0118 e. The second-order valence-electron chi connectivity index (χ2n) is 6.93. The first-order chi connectivity index (χ1) is 11.4. The van der Waals surface area contributed by atoms with Crippen LogP contribution in [-0.4, -0.2) is 0 Å². The van der Waals surface area contributed by atoms with Crippen LogP contribution in [-0.2, 0) is 0 Å². The lowest BCUT2D eigenvalue weighted by Crippen LogP contribution is -2.10. The highest BCUT2D eigenvalue weighted by atomic mass is 14.2. The molecule has 0 spiro atoms. The fraction of sp³-hybridized carbons (Fsp3) is 0.417. The second-order valence-corrected chi connectivity index (χ2v) is 6.93. The van der Waals surface area contributed by atoms with Crippen LogP contribution in [0.1, 0.15) is 70.9 Å². The zero-order chi connectivity index (χ0) is 18.1. The van der Waals surface area contributed by atoms with Gasteiger partial charge in [-0.2, -0.15) is 0 Å². The Labute approximate surface area is 149 Å². The molecule has 0 heteroatoms. The van der Waals surface area contributed by atoms with E-state index >= 15 is 0 Å². The van der Waals surface area contributed by atoms with E-state index in [1.807, 2.05) is 6.08 Å². The highest BCUT2D eigenvalue weighted by molar-refractivity contribution is 5.65. The molecule has 2 atom stereocenters.